The first-order valence-electron chi connectivity index (χ1n) is 7.40. The monoisotopic (exact) mass is 350 g/mol. The van der Waals surface area contributed by atoms with Crippen molar-refractivity contribution in [2.45, 2.75) is 20.3 Å². The molecule has 0 aliphatic heterocycles. The van der Waals surface area contributed by atoms with Gasteiger partial charge in [0.05, 0.1) is 15.6 Å². The van der Waals surface area contributed by atoms with E-state index in [1.54, 1.807) is 30.3 Å². The molecule has 0 saturated carbocycles. The summed E-state index contributed by atoms with van der Waals surface area (Å²) in [6, 6.07) is 8.39. The lowest BCUT2D eigenvalue weighted by atomic mass is 10.1. The molecule has 0 atom stereocenters. The fourth-order valence-corrected chi connectivity index (χ4v) is 2.71. The largest absolute Gasteiger partial charge is 0.352 e. The quantitative estimate of drug-likeness (QED) is 0.809. The number of halogens is 1. The number of thiophene rings is 1. The van der Waals surface area contributed by atoms with Gasteiger partial charge < -0.3 is 10.6 Å². The van der Waals surface area contributed by atoms with Crippen molar-refractivity contribution in [3.8, 4) is 0 Å². The van der Waals surface area contributed by atoms with E-state index in [1.807, 2.05) is 5.38 Å². The van der Waals surface area contributed by atoms with Gasteiger partial charge in [-0.15, -0.1) is 11.3 Å². The lowest BCUT2D eigenvalue weighted by Crippen LogP contribution is -2.25. The Bertz CT molecular complexity index is 684. The first kappa shape index (κ1) is 17.5. The van der Waals surface area contributed by atoms with Gasteiger partial charge in [0, 0.05) is 12.1 Å². The molecule has 2 aromatic rings. The Hall–Kier alpha value is -1.85. The van der Waals surface area contributed by atoms with Crippen LogP contribution in [0.15, 0.2) is 35.7 Å². The summed E-state index contributed by atoms with van der Waals surface area (Å²) in [6.07, 6.45) is 0.918. The molecule has 23 heavy (non-hydrogen) atoms. The minimum Gasteiger partial charge on any atom is -0.352 e. The molecule has 0 unspecified atom stereocenters. The molecule has 1 heterocycles. The van der Waals surface area contributed by atoms with Gasteiger partial charge in [-0.25, -0.2) is 0 Å². The van der Waals surface area contributed by atoms with Gasteiger partial charge >= 0.3 is 0 Å². The normalized spacial score (nSPS) is 10.6. The van der Waals surface area contributed by atoms with Crippen molar-refractivity contribution in [3.63, 3.8) is 0 Å². The first-order chi connectivity index (χ1) is 11.0. The van der Waals surface area contributed by atoms with Crippen molar-refractivity contribution < 1.29 is 9.59 Å². The zero-order valence-corrected chi connectivity index (χ0v) is 14.6. The third-order valence-electron chi connectivity index (χ3n) is 3.23. The zero-order valence-electron chi connectivity index (χ0n) is 13.1. The van der Waals surface area contributed by atoms with Crippen LogP contribution in [-0.4, -0.2) is 18.4 Å². The number of nitrogens with one attached hydrogen (secondary N) is 2. The van der Waals surface area contributed by atoms with Crippen LogP contribution < -0.4 is 10.6 Å². The molecule has 2 N–H and O–H groups in total. The number of carbonyl (C=O) groups is 2. The number of benzene rings is 1. The highest BCUT2D eigenvalue weighted by Gasteiger charge is 2.12. The van der Waals surface area contributed by atoms with E-state index in [9.17, 15) is 9.59 Å². The van der Waals surface area contributed by atoms with E-state index < -0.39 is 0 Å². The minimum absolute atomic E-state index is 0.172. The van der Waals surface area contributed by atoms with Gasteiger partial charge in [0.1, 0.15) is 0 Å². The van der Waals surface area contributed by atoms with Crippen LogP contribution >= 0.6 is 22.9 Å². The summed E-state index contributed by atoms with van der Waals surface area (Å²) in [7, 11) is 0. The highest BCUT2D eigenvalue weighted by molar-refractivity contribution is 7.12. The molecular weight excluding hydrogens is 332 g/mol. The fourth-order valence-electron chi connectivity index (χ4n) is 1.93. The second kappa shape index (κ2) is 8.13. The molecule has 2 rings (SSSR count). The topological polar surface area (TPSA) is 58.2 Å². The van der Waals surface area contributed by atoms with Gasteiger partial charge in [0.2, 0.25) is 0 Å². The molecule has 0 aliphatic rings. The fraction of sp³-hybridized carbons (Fsp3) is 0.294. The van der Waals surface area contributed by atoms with Crippen LogP contribution in [-0.2, 0) is 0 Å². The average Bonchev–Trinajstić information content (AvgIpc) is 3.03. The van der Waals surface area contributed by atoms with Crippen LogP contribution in [0.3, 0.4) is 0 Å². The number of carbonyl (C=O) groups excluding carboxylic acids is 2. The molecule has 0 aliphatic carbocycles. The zero-order chi connectivity index (χ0) is 16.8. The Morgan fingerprint density at radius 2 is 2.00 bits per heavy atom. The summed E-state index contributed by atoms with van der Waals surface area (Å²) < 4.78 is 0. The van der Waals surface area contributed by atoms with Crippen molar-refractivity contribution in [2.24, 2.45) is 5.92 Å². The number of anilines is 1. The highest BCUT2D eigenvalue weighted by Crippen LogP contribution is 2.24. The van der Waals surface area contributed by atoms with Crippen LogP contribution in [0.1, 0.15) is 40.3 Å². The lowest BCUT2D eigenvalue weighted by molar-refractivity contribution is 0.0950. The van der Waals surface area contributed by atoms with Gasteiger partial charge in [-0.2, -0.15) is 0 Å². The van der Waals surface area contributed by atoms with E-state index >= 15 is 0 Å². The van der Waals surface area contributed by atoms with Crippen molar-refractivity contribution in [3.05, 3.63) is 51.2 Å². The summed E-state index contributed by atoms with van der Waals surface area (Å²) in [5.41, 5.74) is 0.904. The van der Waals surface area contributed by atoms with Crippen molar-refractivity contribution in [2.75, 3.05) is 11.9 Å². The van der Waals surface area contributed by atoms with Crippen molar-refractivity contribution in [1.29, 1.82) is 0 Å². The highest BCUT2D eigenvalue weighted by atomic mass is 35.5. The summed E-state index contributed by atoms with van der Waals surface area (Å²) in [5, 5.41) is 7.83. The molecule has 0 bridgehead atoms. The Morgan fingerprint density at radius 1 is 1.22 bits per heavy atom. The molecule has 0 saturated heterocycles. The number of hydrogen-bond acceptors (Lipinski definition) is 3. The van der Waals surface area contributed by atoms with Crippen LogP contribution in [0.4, 0.5) is 5.69 Å². The van der Waals surface area contributed by atoms with E-state index in [0.29, 0.717) is 33.6 Å². The van der Waals surface area contributed by atoms with Crippen LogP contribution in [0.2, 0.25) is 5.02 Å². The first-order valence-corrected chi connectivity index (χ1v) is 8.65. The summed E-state index contributed by atoms with van der Waals surface area (Å²) in [5.74, 6) is 0.120. The standard InChI is InChI=1S/C17H19ClN2O2S/c1-11(2)7-8-19-16(21)12-5-6-13(18)14(10-12)20-17(22)15-4-3-9-23-15/h3-6,9-11H,7-8H2,1-2H3,(H,19,21)(H,20,22). The smallest absolute Gasteiger partial charge is 0.265 e. The Morgan fingerprint density at radius 3 is 2.65 bits per heavy atom. The van der Waals surface area contributed by atoms with E-state index in [4.69, 9.17) is 11.6 Å². The Labute approximate surface area is 144 Å². The summed E-state index contributed by atoms with van der Waals surface area (Å²) in [4.78, 5) is 24.8. The average molecular weight is 351 g/mol. The SMILES string of the molecule is CC(C)CCNC(=O)c1ccc(Cl)c(NC(=O)c2cccs2)c1. The van der Waals surface area contributed by atoms with E-state index in [-0.39, 0.29) is 11.8 Å². The molecule has 2 amide bonds. The van der Waals surface area contributed by atoms with Crippen LogP contribution in [0.25, 0.3) is 0 Å². The maximum absolute atomic E-state index is 12.1. The van der Waals surface area contributed by atoms with Gasteiger partial charge in [-0.1, -0.05) is 31.5 Å². The van der Waals surface area contributed by atoms with Gasteiger partial charge in [0.15, 0.2) is 0 Å². The minimum atomic E-state index is -0.237. The maximum Gasteiger partial charge on any atom is 0.265 e. The van der Waals surface area contributed by atoms with Crippen molar-refractivity contribution >= 4 is 40.4 Å². The molecule has 0 spiro atoms. The second-order valence-electron chi connectivity index (χ2n) is 5.56. The predicted octanol–water partition coefficient (Wildman–Crippen LogP) is 4.43. The molecule has 122 valence electrons. The molecule has 6 heteroatoms. The molecule has 1 aromatic carbocycles. The van der Waals surface area contributed by atoms with E-state index in [0.717, 1.165) is 6.42 Å². The van der Waals surface area contributed by atoms with Crippen molar-refractivity contribution in [1.82, 2.24) is 5.32 Å². The third-order valence-corrected chi connectivity index (χ3v) is 4.43. The van der Waals surface area contributed by atoms with E-state index in [1.165, 1.54) is 11.3 Å². The molecular formula is C17H19ClN2O2S. The van der Waals surface area contributed by atoms with Gasteiger partial charge in [0.25, 0.3) is 11.8 Å². The number of rotatable bonds is 6. The lowest BCUT2D eigenvalue weighted by Gasteiger charge is -2.10. The predicted molar refractivity (Wildman–Crippen MR) is 95.5 cm³/mol. The van der Waals surface area contributed by atoms with E-state index in [2.05, 4.69) is 24.5 Å². The molecule has 1 aromatic heterocycles. The second-order valence-corrected chi connectivity index (χ2v) is 6.92. The van der Waals surface area contributed by atoms with Gasteiger partial charge in [-0.05, 0) is 42.0 Å². The Kier molecular flexibility index (Phi) is 6.19. The molecule has 0 radical (unpaired) electrons. The van der Waals surface area contributed by atoms with Crippen LogP contribution in [0, 0.1) is 5.92 Å². The maximum atomic E-state index is 12.1. The number of hydrogen-bond donors (Lipinski definition) is 2. The van der Waals surface area contributed by atoms with Gasteiger partial charge in [-0.3, -0.25) is 9.59 Å². The summed E-state index contributed by atoms with van der Waals surface area (Å²) >= 11 is 7.46. The molecule has 0 fully saturated rings. The summed E-state index contributed by atoms with van der Waals surface area (Å²) in [6.45, 7) is 4.83. The molecule has 4 nitrogen and oxygen atoms in total. The van der Waals surface area contributed by atoms with Crippen LogP contribution in [0.5, 0.6) is 0 Å². The number of amides is 2. The third kappa shape index (κ3) is 5.08. The Balaban J connectivity index is 2.06.